The predicted molar refractivity (Wildman–Crippen MR) is 110 cm³/mol. The number of carbonyl (C=O) groups is 2. The van der Waals surface area contributed by atoms with Crippen molar-refractivity contribution in [1.82, 2.24) is 9.88 Å². The quantitative estimate of drug-likeness (QED) is 0.675. The highest BCUT2D eigenvalue weighted by Gasteiger charge is 2.44. The molecule has 2 heterocycles. The number of anilines is 1. The molecule has 1 aliphatic heterocycles. The summed E-state index contributed by atoms with van der Waals surface area (Å²) in [6.07, 6.45) is 0. The molecule has 4 rings (SSSR count). The number of hydrogen-bond acceptors (Lipinski definition) is 4. The Morgan fingerprint density at radius 2 is 1.82 bits per heavy atom. The maximum Gasteiger partial charge on any atom is 0.336 e. The number of carbonyl (C=O) groups excluding carboxylic acids is 2. The highest BCUT2D eigenvalue weighted by atomic mass is 32.1. The Kier molecular flexibility index (Phi) is 4.87. The number of benzene rings is 2. The van der Waals surface area contributed by atoms with Gasteiger partial charge < -0.3 is 4.90 Å². The van der Waals surface area contributed by atoms with Crippen LogP contribution in [0.1, 0.15) is 17.5 Å². The Balaban J connectivity index is 1.48. The molecular weight excluding hydrogens is 372 g/mol. The first-order valence-electron chi connectivity index (χ1n) is 9.31. The van der Waals surface area contributed by atoms with E-state index in [0.717, 1.165) is 31.4 Å². The normalized spacial score (nSPS) is 18.3. The van der Waals surface area contributed by atoms with Crippen LogP contribution in [0.25, 0.3) is 10.2 Å². The van der Waals surface area contributed by atoms with E-state index in [1.54, 1.807) is 23.2 Å². The van der Waals surface area contributed by atoms with Crippen molar-refractivity contribution in [3.8, 4) is 0 Å². The molecule has 3 aromatic rings. The number of hydrogen-bond donors (Lipinski definition) is 1. The van der Waals surface area contributed by atoms with E-state index in [9.17, 15) is 9.59 Å². The van der Waals surface area contributed by atoms with Crippen LogP contribution >= 0.6 is 11.3 Å². The van der Waals surface area contributed by atoms with Gasteiger partial charge in [0.25, 0.3) is 5.91 Å². The highest BCUT2D eigenvalue weighted by Crippen LogP contribution is 2.25. The fourth-order valence-corrected chi connectivity index (χ4v) is 4.57. The van der Waals surface area contributed by atoms with Gasteiger partial charge in [0.05, 0.1) is 17.3 Å². The second-order valence-corrected chi connectivity index (χ2v) is 8.41. The van der Waals surface area contributed by atoms with Gasteiger partial charge in [-0.1, -0.05) is 29.8 Å². The van der Waals surface area contributed by atoms with Gasteiger partial charge >= 0.3 is 6.03 Å². The van der Waals surface area contributed by atoms with Crippen LogP contribution in [0.4, 0.5) is 10.5 Å². The number of rotatable bonds is 5. The second kappa shape index (κ2) is 7.33. The average Bonchev–Trinajstić information content (AvgIpc) is 3.17. The molecule has 6 nitrogen and oxygen atoms in total. The molecule has 0 spiro atoms. The van der Waals surface area contributed by atoms with E-state index in [1.807, 2.05) is 56.4 Å². The largest absolute Gasteiger partial charge is 0.336 e. The van der Waals surface area contributed by atoms with Crippen LogP contribution in [0.5, 0.6) is 0 Å². The molecule has 2 aromatic carbocycles. The summed E-state index contributed by atoms with van der Waals surface area (Å²) in [5, 5.41) is 1.00. The van der Waals surface area contributed by atoms with E-state index in [4.69, 9.17) is 0 Å². The van der Waals surface area contributed by atoms with Crippen LogP contribution < -0.4 is 9.80 Å². The monoisotopic (exact) mass is 395 g/mol. The third kappa shape index (κ3) is 3.39. The molecular formula is C21H23N4O2S+. The van der Waals surface area contributed by atoms with Crippen molar-refractivity contribution in [2.75, 3.05) is 18.6 Å². The van der Waals surface area contributed by atoms with E-state index < -0.39 is 6.04 Å². The molecule has 2 atom stereocenters. The molecule has 7 heteroatoms. The Morgan fingerprint density at radius 1 is 1.11 bits per heavy atom. The lowest BCUT2D eigenvalue weighted by Crippen LogP contribution is -3.09. The number of para-hydroxylation sites is 1. The molecule has 0 radical (unpaired) electrons. The van der Waals surface area contributed by atoms with E-state index in [2.05, 4.69) is 11.1 Å². The van der Waals surface area contributed by atoms with Crippen LogP contribution in [-0.2, 0) is 11.3 Å². The molecule has 28 heavy (non-hydrogen) atoms. The zero-order valence-corrected chi connectivity index (χ0v) is 17.0. The zero-order chi connectivity index (χ0) is 19.8. The van der Waals surface area contributed by atoms with Crippen molar-refractivity contribution >= 4 is 39.2 Å². The lowest BCUT2D eigenvalue weighted by molar-refractivity contribution is -0.901. The van der Waals surface area contributed by atoms with Gasteiger partial charge in [0.2, 0.25) is 0 Å². The number of nitrogens with one attached hydrogen (secondary N) is 1. The Bertz CT molecular complexity index is 997. The number of amides is 3. The van der Waals surface area contributed by atoms with Crippen LogP contribution in [0.3, 0.4) is 0 Å². The summed E-state index contributed by atoms with van der Waals surface area (Å²) in [7, 11) is 1.98. The second-order valence-electron chi connectivity index (χ2n) is 7.30. The Hall–Kier alpha value is -2.77. The molecule has 0 aliphatic carbocycles. The van der Waals surface area contributed by atoms with Gasteiger partial charge in [0.1, 0.15) is 17.6 Å². The van der Waals surface area contributed by atoms with E-state index in [1.165, 1.54) is 4.90 Å². The number of aromatic nitrogens is 1. The van der Waals surface area contributed by atoms with Gasteiger partial charge in [0.15, 0.2) is 6.67 Å². The average molecular weight is 396 g/mol. The first-order chi connectivity index (χ1) is 13.4. The number of quaternary nitrogens is 1. The minimum absolute atomic E-state index is 0.158. The molecule has 0 saturated carbocycles. The van der Waals surface area contributed by atoms with Crippen molar-refractivity contribution in [1.29, 1.82) is 0 Å². The smallest absolute Gasteiger partial charge is 0.314 e. The number of fused-ring (bicyclic) bond motifs is 1. The first-order valence-corrected chi connectivity index (χ1v) is 10.1. The molecule has 1 aliphatic rings. The van der Waals surface area contributed by atoms with E-state index in [-0.39, 0.29) is 11.9 Å². The van der Waals surface area contributed by atoms with Crippen LogP contribution in [0.15, 0.2) is 48.5 Å². The summed E-state index contributed by atoms with van der Waals surface area (Å²) in [4.78, 5) is 34.3. The summed E-state index contributed by atoms with van der Waals surface area (Å²) in [5.41, 5.74) is 2.86. The molecule has 1 saturated heterocycles. The third-order valence-electron chi connectivity index (χ3n) is 4.98. The Morgan fingerprint density at radius 3 is 2.54 bits per heavy atom. The lowest BCUT2D eigenvalue weighted by Gasteiger charge is -2.21. The molecule has 0 bridgehead atoms. The third-order valence-corrected chi connectivity index (χ3v) is 6.02. The van der Waals surface area contributed by atoms with Crippen LogP contribution in [-0.4, -0.2) is 41.6 Å². The van der Waals surface area contributed by atoms with Gasteiger partial charge in [-0.15, -0.1) is 11.3 Å². The Labute approximate surface area is 168 Å². The summed E-state index contributed by atoms with van der Waals surface area (Å²) < 4.78 is 1.15. The molecule has 1 fully saturated rings. The maximum atomic E-state index is 12.9. The van der Waals surface area contributed by atoms with Gasteiger partial charge in [-0.25, -0.2) is 14.7 Å². The number of urea groups is 1. The van der Waals surface area contributed by atoms with Crippen molar-refractivity contribution < 1.29 is 14.5 Å². The molecule has 1 unspecified atom stereocenters. The minimum atomic E-state index is -0.495. The van der Waals surface area contributed by atoms with Crippen LogP contribution in [0, 0.1) is 6.92 Å². The summed E-state index contributed by atoms with van der Waals surface area (Å²) in [6, 6.07) is 15.0. The number of thiazole rings is 1. The van der Waals surface area contributed by atoms with Crippen molar-refractivity contribution in [2.45, 2.75) is 26.4 Å². The lowest BCUT2D eigenvalue weighted by atomic mass is 10.2. The van der Waals surface area contributed by atoms with Crippen molar-refractivity contribution in [3.63, 3.8) is 0 Å². The number of aryl methyl sites for hydroxylation is 1. The minimum Gasteiger partial charge on any atom is -0.314 e. The molecule has 1 N–H and O–H groups in total. The van der Waals surface area contributed by atoms with E-state index in [0.29, 0.717) is 13.2 Å². The summed E-state index contributed by atoms with van der Waals surface area (Å²) in [5.74, 6) is -0.158. The highest BCUT2D eigenvalue weighted by molar-refractivity contribution is 7.18. The van der Waals surface area contributed by atoms with Gasteiger partial charge in [-0.3, -0.25) is 9.69 Å². The molecule has 3 amide bonds. The molecule has 144 valence electrons. The topological polar surface area (TPSA) is 58.0 Å². The van der Waals surface area contributed by atoms with E-state index >= 15 is 0 Å². The standard InChI is InChI=1S/C21H22N4O2S/c1-14-8-10-16(11-9-14)25-15(2)20(26)24(21(25)27)13-23(3)12-19-22-17-6-4-5-7-18(17)28-19/h4-11,15H,12-13H2,1-3H3/p+1/t15-/m1/s1. The van der Waals surface area contributed by atoms with Gasteiger partial charge in [-0.05, 0) is 38.1 Å². The predicted octanol–water partition coefficient (Wildman–Crippen LogP) is 2.43. The zero-order valence-electron chi connectivity index (χ0n) is 16.2. The van der Waals surface area contributed by atoms with Gasteiger partial charge in [0, 0.05) is 5.69 Å². The number of nitrogens with zero attached hydrogens (tertiary/aromatic N) is 3. The maximum absolute atomic E-state index is 12.9. The summed E-state index contributed by atoms with van der Waals surface area (Å²) >= 11 is 1.65. The van der Waals surface area contributed by atoms with Gasteiger partial charge in [-0.2, -0.15) is 0 Å². The summed E-state index contributed by atoms with van der Waals surface area (Å²) in [6.45, 7) is 4.76. The fraction of sp³-hybridized carbons (Fsp3) is 0.286. The first kappa shape index (κ1) is 18.6. The SMILES string of the molecule is Cc1ccc(N2C(=O)N(C[NH+](C)Cc3nc4ccccc4s3)C(=O)[C@H]2C)cc1. The van der Waals surface area contributed by atoms with Crippen LogP contribution in [0.2, 0.25) is 0 Å². The van der Waals surface area contributed by atoms with Crippen molar-refractivity contribution in [3.05, 3.63) is 59.1 Å². The molecule has 1 aromatic heterocycles. The fourth-order valence-electron chi connectivity index (χ4n) is 3.49. The van der Waals surface area contributed by atoms with Crippen molar-refractivity contribution in [2.24, 2.45) is 0 Å². The number of imide groups is 1.